The highest BCUT2D eigenvalue weighted by molar-refractivity contribution is 14.1. The van der Waals surface area contributed by atoms with Gasteiger partial charge in [0.05, 0.1) is 11.7 Å². The summed E-state index contributed by atoms with van der Waals surface area (Å²) < 4.78 is 16.5. The van der Waals surface area contributed by atoms with E-state index in [4.69, 9.17) is 0 Å². The van der Waals surface area contributed by atoms with Crippen molar-refractivity contribution < 1.29 is 4.39 Å². The molecular weight excluding hydrogens is 330 g/mol. The van der Waals surface area contributed by atoms with E-state index in [1.54, 1.807) is 29.1 Å². The quantitative estimate of drug-likeness (QED) is 0.618. The summed E-state index contributed by atoms with van der Waals surface area (Å²) in [6.07, 6.45) is 1.75. The number of hydrogen-bond acceptors (Lipinski definition) is 1. The number of hydrogen-bond donors (Lipinski definition) is 0. The monoisotopic (exact) mass is 338 g/mol. The molecule has 3 rings (SSSR count). The molecule has 0 aliphatic carbocycles. The first-order chi connectivity index (χ1) is 8.25. The van der Waals surface area contributed by atoms with E-state index in [1.165, 1.54) is 6.07 Å². The summed E-state index contributed by atoms with van der Waals surface area (Å²) in [7, 11) is 0. The van der Waals surface area contributed by atoms with Crippen LogP contribution in [0.1, 0.15) is 0 Å². The van der Waals surface area contributed by atoms with E-state index >= 15 is 0 Å². The van der Waals surface area contributed by atoms with E-state index in [0.29, 0.717) is 5.69 Å². The molecule has 1 heterocycles. The molecule has 0 atom stereocenters. The fraction of sp³-hybridized carbons (Fsp3) is 0. The molecule has 0 aliphatic heterocycles. The number of benzene rings is 2. The third-order valence-corrected chi connectivity index (χ3v) is 3.28. The average molecular weight is 338 g/mol. The SMILES string of the molecule is Fc1ccccc1-n1ncc2cc(I)ccc21. The van der Waals surface area contributed by atoms with Gasteiger partial charge in [0.15, 0.2) is 0 Å². The van der Waals surface area contributed by atoms with Crippen molar-refractivity contribution in [2.75, 3.05) is 0 Å². The van der Waals surface area contributed by atoms with Gasteiger partial charge in [-0.15, -0.1) is 0 Å². The minimum absolute atomic E-state index is 0.268. The van der Waals surface area contributed by atoms with Crippen LogP contribution in [-0.2, 0) is 0 Å². The summed E-state index contributed by atoms with van der Waals surface area (Å²) in [5.41, 5.74) is 1.39. The van der Waals surface area contributed by atoms with Crippen LogP contribution in [0.3, 0.4) is 0 Å². The number of halogens is 2. The van der Waals surface area contributed by atoms with Gasteiger partial charge in [0, 0.05) is 8.96 Å². The zero-order chi connectivity index (χ0) is 11.8. The highest BCUT2D eigenvalue weighted by atomic mass is 127. The molecular formula is C13H8FIN2. The highest BCUT2D eigenvalue weighted by Crippen LogP contribution is 2.21. The number of rotatable bonds is 1. The van der Waals surface area contributed by atoms with Crippen LogP contribution in [0.4, 0.5) is 4.39 Å². The van der Waals surface area contributed by atoms with Crippen molar-refractivity contribution in [3.63, 3.8) is 0 Å². The van der Waals surface area contributed by atoms with Crippen LogP contribution in [0.15, 0.2) is 48.7 Å². The molecule has 0 aliphatic rings. The van der Waals surface area contributed by atoms with Crippen molar-refractivity contribution >= 4 is 33.5 Å². The average Bonchev–Trinajstić information content (AvgIpc) is 2.72. The minimum Gasteiger partial charge on any atom is -0.230 e. The van der Waals surface area contributed by atoms with E-state index in [-0.39, 0.29) is 5.82 Å². The van der Waals surface area contributed by atoms with Crippen LogP contribution in [-0.4, -0.2) is 9.78 Å². The van der Waals surface area contributed by atoms with Gasteiger partial charge in [-0.25, -0.2) is 9.07 Å². The molecule has 0 bridgehead atoms. The zero-order valence-electron chi connectivity index (χ0n) is 8.77. The molecule has 84 valence electrons. The Morgan fingerprint density at radius 2 is 1.94 bits per heavy atom. The molecule has 0 N–H and O–H groups in total. The molecule has 0 saturated heterocycles. The van der Waals surface area contributed by atoms with Gasteiger partial charge in [0.2, 0.25) is 0 Å². The molecule has 0 radical (unpaired) electrons. The van der Waals surface area contributed by atoms with Gasteiger partial charge in [-0.2, -0.15) is 5.10 Å². The lowest BCUT2D eigenvalue weighted by atomic mass is 10.2. The lowest BCUT2D eigenvalue weighted by Crippen LogP contribution is -1.98. The lowest BCUT2D eigenvalue weighted by molar-refractivity contribution is 0.613. The van der Waals surface area contributed by atoms with Crippen LogP contribution in [0.25, 0.3) is 16.6 Å². The standard InChI is InChI=1S/C13H8FIN2/c14-11-3-1-2-4-13(11)17-12-6-5-10(15)7-9(12)8-16-17/h1-8H. The number of aromatic nitrogens is 2. The molecule has 2 nitrogen and oxygen atoms in total. The third kappa shape index (κ3) is 1.82. The lowest BCUT2D eigenvalue weighted by Gasteiger charge is -2.04. The molecule has 0 spiro atoms. The minimum atomic E-state index is -0.268. The molecule has 2 aromatic carbocycles. The zero-order valence-corrected chi connectivity index (χ0v) is 10.9. The van der Waals surface area contributed by atoms with E-state index in [0.717, 1.165) is 14.5 Å². The Kier molecular flexibility index (Phi) is 2.58. The van der Waals surface area contributed by atoms with Gasteiger partial charge >= 0.3 is 0 Å². The Labute approximate surface area is 111 Å². The maximum Gasteiger partial charge on any atom is 0.148 e. The van der Waals surface area contributed by atoms with Crippen molar-refractivity contribution in [3.05, 3.63) is 58.0 Å². The maximum atomic E-state index is 13.7. The summed E-state index contributed by atoms with van der Waals surface area (Å²) in [5, 5.41) is 5.25. The van der Waals surface area contributed by atoms with Crippen molar-refractivity contribution in [1.29, 1.82) is 0 Å². The Hall–Kier alpha value is -1.43. The Bertz CT molecular complexity index is 691. The van der Waals surface area contributed by atoms with E-state index in [2.05, 4.69) is 27.7 Å². The fourth-order valence-corrected chi connectivity index (χ4v) is 2.33. The Morgan fingerprint density at radius 3 is 2.76 bits per heavy atom. The van der Waals surface area contributed by atoms with Gasteiger partial charge in [-0.05, 0) is 52.9 Å². The predicted molar refractivity (Wildman–Crippen MR) is 73.7 cm³/mol. The number of nitrogens with zero attached hydrogens (tertiary/aromatic N) is 2. The first kappa shape index (κ1) is 10.7. The van der Waals surface area contributed by atoms with Crippen molar-refractivity contribution in [2.24, 2.45) is 0 Å². The smallest absolute Gasteiger partial charge is 0.148 e. The van der Waals surface area contributed by atoms with Gasteiger partial charge in [-0.3, -0.25) is 0 Å². The molecule has 0 fully saturated rings. The van der Waals surface area contributed by atoms with Crippen LogP contribution in [0.2, 0.25) is 0 Å². The Morgan fingerprint density at radius 1 is 1.12 bits per heavy atom. The second kappa shape index (κ2) is 4.10. The third-order valence-electron chi connectivity index (χ3n) is 2.61. The van der Waals surface area contributed by atoms with Crippen LogP contribution in [0, 0.1) is 9.39 Å². The molecule has 4 heteroatoms. The van der Waals surface area contributed by atoms with Crippen molar-refractivity contribution in [1.82, 2.24) is 9.78 Å². The van der Waals surface area contributed by atoms with Crippen molar-refractivity contribution in [2.45, 2.75) is 0 Å². The maximum absolute atomic E-state index is 13.7. The van der Waals surface area contributed by atoms with Gasteiger partial charge in [0.1, 0.15) is 11.5 Å². The Balaban J connectivity index is 2.29. The molecule has 0 amide bonds. The summed E-state index contributed by atoms with van der Waals surface area (Å²) in [4.78, 5) is 0. The normalized spacial score (nSPS) is 10.9. The van der Waals surface area contributed by atoms with Gasteiger partial charge in [0.25, 0.3) is 0 Å². The topological polar surface area (TPSA) is 17.8 Å². The summed E-state index contributed by atoms with van der Waals surface area (Å²) in [6, 6.07) is 12.6. The summed E-state index contributed by atoms with van der Waals surface area (Å²) in [5.74, 6) is -0.268. The first-order valence-electron chi connectivity index (χ1n) is 5.14. The highest BCUT2D eigenvalue weighted by Gasteiger charge is 2.08. The molecule has 0 saturated carbocycles. The molecule has 3 aromatic rings. The second-order valence-corrected chi connectivity index (χ2v) is 4.96. The van der Waals surface area contributed by atoms with Crippen LogP contribution in [0.5, 0.6) is 0 Å². The van der Waals surface area contributed by atoms with E-state index in [1.807, 2.05) is 18.2 Å². The largest absolute Gasteiger partial charge is 0.230 e. The van der Waals surface area contributed by atoms with Crippen LogP contribution < -0.4 is 0 Å². The van der Waals surface area contributed by atoms with E-state index in [9.17, 15) is 4.39 Å². The molecule has 17 heavy (non-hydrogen) atoms. The van der Waals surface area contributed by atoms with Crippen LogP contribution >= 0.6 is 22.6 Å². The van der Waals surface area contributed by atoms with E-state index < -0.39 is 0 Å². The second-order valence-electron chi connectivity index (χ2n) is 3.71. The first-order valence-corrected chi connectivity index (χ1v) is 6.22. The van der Waals surface area contributed by atoms with Gasteiger partial charge < -0.3 is 0 Å². The summed E-state index contributed by atoms with van der Waals surface area (Å²) in [6.45, 7) is 0. The number of fused-ring (bicyclic) bond motifs is 1. The fourth-order valence-electron chi connectivity index (χ4n) is 1.82. The van der Waals surface area contributed by atoms with Crippen molar-refractivity contribution in [3.8, 4) is 5.69 Å². The predicted octanol–water partition coefficient (Wildman–Crippen LogP) is 3.77. The summed E-state index contributed by atoms with van der Waals surface area (Å²) >= 11 is 2.25. The number of para-hydroxylation sites is 1. The molecule has 1 aromatic heterocycles. The molecule has 0 unspecified atom stereocenters. The van der Waals surface area contributed by atoms with Gasteiger partial charge in [-0.1, -0.05) is 12.1 Å².